The molecule has 0 fully saturated rings. The van der Waals surface area contributed by atoms with Crippen LogP contribution in [0.3, 0.4) is 0 Å². The second-order valence-electron chi connectivity index (χ2n) is 12.7. The molecule has 0 aromatic carbocycles. The maximum absolute atomic E-state index is 10.2. The molecule has 0 heterocycles. The van der Waals surface area contributed by atoms with Gasteiger partial charge in [0, 0.05) is 11.9 Å². The summed E-state index contributed by atoms with van der Waals surface area (Å²) in [6, 6.07) is 0. The zero-order chi connectivity index (χ0) is 34.3. The fraction of sp³-hybridized carbons (Fsp3) is 0.944. The van der Waals surface area contributed by atoms with Crippen LogP contribution in [0.15, 0.2) is 0 Å². The van der Waals surface area contributed by atoms with Gasteiger partial charge in [0.1, 0.15) is 9.05 Å². The number of unbranched alkanes of at least 4 members (excludes halogenated alkanes) is 28. The van der Waals surface area contributed by atoms with Crippen molar-refractivity contribution in [3.8, 4) is 0 Å². The van der Waals surface area contributed by atoms with Gasteiger partial charge in [0.25, 0.3) is 0 Å². The Kier molecular flexibility index (Phi) is 56.3. The molecule has 47 heavy (non-hydrogen) atoms. The Hall–Kier alpha value is -0.665. The normalized spacial score (nSPS) is 10.5. The van der Waals surface area contributed by atoms with Crippen molar-refractivity contribution >= 4 is 41.2 Å². The van der Waals surface area contributed by atoms with Gasteiger partial charge in [0.15, 0.2) is 0 Å². The molecular formula is C36H72Be2O8Si. The van der Waals surface area contributed by atoms with E-state index in [2.05, 4.69) is 13.8 Å². The van der Waals surface area contributed by atoms with Crippen molar-refractivity contribution in [1.82, 2.24) is 0 Å². The van der Waals surface area contributed by atoms with Crippen LogP contribution in [0.1, 0.15) is 219 Å². The smallest absolute Gasteiger partial charge is 0.828 e. The summed E-state index contributed by atoms with van der Waals surface area (Å²) in [6.45, 7) is 4.53. The minimum absolute atomic E-state index is 0. The van der Waals surface area contributed by atoms with Crippen LogP contribution in [0.2, 0.25) is 0 Å². The SMILES string of the molecule is CCCCCCCCCCCCCCCCCC(=O)[O-].CCCCCCCCCCCCCCCCCC(=O)[O-].[Be+2].[Be+2].[O-][Si]([O-])(O)O. The number of hydrogen-bond acceptors (Lipinski definition) is 8. The Balaban J connectivity index is -0.000000210. The van der Waals surface area contributed by atoms with Crippen LogP contribution in [-0.4, -0.2) is 50.8 Å². The summed E-state index contributed by atoms with van der Waals surface area (Å²) in [5.41, 5.74) is 0. The number of rotatable bonds is 32. The third-order valence-corrected chi connectivity index (χ3v) is 7.97. The van der Waals surface area contributed by atoms with Crippen LogP contribution in [0.25, 0.3) is 0 Å². The van der Waals surface area contributed by atoms with Crippen LogP contribution in [0.4, 0.5) is 0 Å². The summed E-state index contributed by atoms with van der Waals surface area (Å²) in [5, 5.41) is 20.4. The first-order valence-corrected chi connectivity index (χ1v) is 20.5. The number of carboxylic acid groups (broad SMARTS) is 2. The molecule has 0 aromatic heterocycles. The topological polar surface area (TPSA) is 167 Å². The molecular weight excluding hydrogens is 606 g/mol. The molecule has 0 unspecified atom stereocenters. The summed E-state index contributed by atoms with van der Waals surface area (Å²) >= 11 is 0. The minimum Gasteiger partial charge on any atom is -0.828 e. The van der Waals surface area contributed by atoms with E-state index in [4.69, 9.17) is 19.2 Å². The molecule has 0 aliphatic rings. The van der Waals surface area contributed by atoms with E-state index in [1.54, 1.807) is 0 Å². The van der Waals surface area contributed by atoms with Crippen LogP contribution < -0.4 is 19.8 Å². The van der Waals surface area contributed by atoms with Gasteiger partial charge < -0.3 is 39.0 Å². The molecule has 11 heteroatoms. The van der Waals surface area contributed by atoms with E-state index in [1.807, 2.05) is 0 Å². The van der Waals surface area contributed by atoms with Gasteiger partial charge in [-0.15, -0.1) is 0 Å². The molecule has 0 radical (unpaired) electrons. The Bertz CT molecular complexity index is 546. The second-order valence-corrected chi connectivity index (χ2v) is 13.8. The molecule has 0 bridgehead atoms. The van der Waals surface area contributed by atoms with Crippen LogP contribution in [0.5, 0.6) is 0 Å². The average Bonchev–Trinajstić information content (AvgIpc) is 2.96. The summed E-state index contributed by atoms with van der Waals surface area (Å²) in [5.74, 6) is -1.81. The number of carbonyl (C=O) groups excluding carboxylic acids is 2. The van der Waals surface area contributed by atoms with E-state index in [0.29, 0.717) is 0 Å². The van der Waals surface area contributed by atoms with Gasteiger partial charge in [-0.1, -0.05) is 194 Å². The Morgan fingerprint density at radius 3 is 0.638 bits per heavy atom. The van der Waals surface area contributed by atoms with Crippen molar-refractivity contribution in [3.63, 3.8) is 0 Å². The molecule has 0 spiro atoms. The molecule has 0 aliphatic heterocycles. The molecule has 272 valence electrons. The molecule has 0 aromatic rings. The van der Waals surface area contributed by atoms with Crippen molar-refractivity contribution in [2.75, 3.05) is 0 Å². The average molecular weight is 679 g/mol. The maximum Gasteiger partial charge on any atom is 2.00 e. The summed E-state index contributed by atoms with van der Waals surface area (Å²) in [4.78, 5) is 52.2. The first-order chi connectivity index (χ1) is 21.5. The van der Waals surface area contributed by atoms with E-state index in [1.165, 1.54) is 167 Å². The Labute approximate surface area is 298 Å². The van der Waals surface area contributed by atoms with E-state index >= 15 is 0 Å². The predicted octanol–water partition coefficient (Wildman–Crippen LogP) is 5.36. The summed E-state index contributed by atoms with van der Waals surface area (Å²) < 4.78 is 0. The van der Waals surface area contributed by atoms with Crippen LogP contribution in [0, 0.1) is 0 Å². The van der Waals surface area contributed by atoms with E-state index in [9.17, 15) is 19.8 Å². The molecule has 0 saturated carbocycles. The van der Waals surface area contributed by atoms with Gasteiger partial charge >= 0.3 is 20.2 Å². The van der Waals surface area contributed by atoms with Crippen molar-refractivity contribution in [1.29, 1.82) is 0 Å². The zero-order valence-electron chi connectivity index (χ0n) is 30.9. The largest absolute Gasteiger partial charge is 2.00 e. The number of carbonyl (C=O) groups is 2. The van der Waals surface area contributed by atoms with Crippen molar-refractivity contribution < 1.29 is 39.0 Å². The molecule has 2 N–H and O–H groups in total. The first kappa shape index (κ1) is 55.7. The van der Waals surface area contributed by atoms with Gasteiger partial charge in [0.2, 0.25) is 0 Å². The molecule has 0 atom stereocenters. The summed E-state index contributed by atoms with van der Waals surface area (Å²) in [7, 11) is -5.11. The molecule has 0 amide bonds. The van der Waals surface area contributed by atoms with E-state index in [-0.39, 0.29) is 33.1 Å². The molecule has 0 aliphatic carbocycles. The van der Waals surface area contributed by atoms with Crippen LogP contribution >= 0.6 is 0 Å². The molecule has 0 rings (SSSR count). The van der Waals surface area contributed by atoms with E-state index in [0.717, 1.165) is 25.7 Å². The monoisotopic (exact) mass is 679 g/mol. The fourth-order valence-electron chi connectivity index (χ4n) is 5.28. The Morgan fingerprint density at radius 1 is 0.383 bits per heavy atom. The third kappa shape index (κ3) is 76.6. The number of aliphatic carboxylic acids is 2. The van der Waals surface area contributed by atoms with Crippen LogP contribution in [-0.2, 0) is 9.59 Å². The van der Waals surface area contributed by atoms with Crippen molar-refractivity contribution in [2.45, 2.75) is 219 Å². The van der Waals surface area contributed by atoms with Gasteiger partial charge in [-0.05, 0) is 25.7 Å². The number of hydrogen-bond donors (Lipinski definition) is 2. The van der Waals surface area contributed by atoms with Gasteiger partial charge in [-0.3, -0.25) is 0 Å². The number of carboxylic acids is 2. The maximum atomic E-state index is 10.2. The fourth-order valence-corrected chi connectivity index (χ4v) is 5.28. The van der Waals surface area contributed by atoms with Gasteiger partial charge in [0.05, 0.1) is 0 Å². The second kappa shape index (κ2) is 47.5. The molecule has 8 nitrogen and oxygen atoms in total. The standard InChI is InChI=1S/2C18H36O2.2Be.H2O4Si/c2*1-2-3-4-5-6-7-8-9-10-11-12-13-14-15-16-17-18(19)20;;;1-5(2,3)4/h2*2-17H2,1H3,(H,19,20);;;1-2H/q;;2*+2;-2/p-2. The third-order valence-electron chi connectivity index (χ3n) is 7.97. The zero-order valence-corrected chi connectivity index (χ0v) is 31.9. The van der Waals surface area contributed by atoms with E-state index < -0.39 is 21.0 Å². The van der Waals surface area contributed by atoms with Gasteiger partial charge in [-0.2, -0.15) is 0 Å². The summed E-state index contributed by atoms with van der Waals surface area (Å²) in [6.07, 6.45) is 39.7. The van der Waals surface area contributed by atoms with Crippen molar-refractivity contribution in [2.24, 2.45) is 0 Å². The first-order valence-electron chi connectivity index (χ1n) is 18.8. The quantitative estimate of drug-likeness (QED) is 0.0708. The Morgan fingerprint density at radius 2 is 0.511 bits per heavy atom. The molecule has 0 saturated heterocycles. The predicted molar refractivity (Wildman–Crippen MR) is 191 cm³/mol. The minimum atomic E-state index is -5.11. The van der Waals surface area contributed by atoms with Crippen molar-refractivity contribution in [3.05, 3.63) is 0 Å². The van der Waals surface area contributed by atoms with Gasteiger partial charge in [-0.25, -0.2) is 0 Å².